The van der Waals surface area contributed by atoms with E-state index >= 15 is 0 Å². The third kappa shape index (κ3) is 10.7. The van der Waals surface area contributed by atoms with Crippen LogP contribution in [-0.4, -0.2) is 52.3 Å². The summed E-state index contributed by atoms with van der Waals surface area (Å²) in [5.41, 5.74) is 32.8. The molecular weight excluding hydrogens is 1610 g/mol. The summed E-state index contributed by atoms with van der Waals surface area (Å²) in [5.74, 6) is 0.535. The summed E-state index contributed by atoms with van der Waals surface area (Å²) in [6, 6.07) is 148. The van der Waals surface area contributed by atoms with Crippen LogP contribution in [0, 0.1) is 0 Å². The number of benzene rings is 18. The van der Waals surface area contributed by atoms with Crippen molar-refractivity contribution in [2.24, 2.45) is 0 Å². The highest BCUT2D eigenvalue weighted by atomic mass is 32.1. The number of pyridine rings is 1. The van der Waals surface area contributed by atoms with Gasteiger partial charge < -0.3 is 22.7 Å². The van der Waals surface area contributed by atoms with Gasteiger partial charge in [0.2, 0.25) is 5.95 Å². The van der Waals surface area contributed by atoms with Crippen molar-refractivity contribution < 1.29 is 4.42 Å². The Morgan fingerprint density at radius 2 is 0.623 bits per heavy atom. The highest BCUT2D eigenvalue weighted by Crippen LogP contribution is 2.50. The van der Waals surface area contributed by atoms with Gasteiger partial charge in [-0.3, -0.25) is 9.13 Å². The van der Waals surface area contributed by atoms with Crippen molar-refractivity contribution in [3.05, 3.63) is 419 Å². The molecule has 18 aromatic carbocycles. The minimum atomic E-state index is 0.535. The molecule has 0 saturated carbocycles. The Kier molecular flexibility index (Phi) is 15.5. The lowest BCUT2D eigenvalue weighted by Crippen LogP contribution is -2.00. The topological polar surface area (TPSA) is 107 Å². The van der Waals surface area contributed by atoms with Crippen LogP contribution in [0.4, 0.5) is 0 Å². The Morgan fingerprint density at radius 3 is 1.21 bits per heavy atom. The molecule has 0 aliphatic heterocycles. The Labute approximate surface area is 745 Å². The number of fused-ring (bicyclic) bond motifs is 25. The molecule has 604 valence electrons. The van der Waals surface area contributed by atoms with Crippen LogP contribution in [0.25, 0.3) is 264 Å². The number of rotatable bonds is 12. The fourth-order valence-corrected chi connectivity index (χ4v) is 22.3. The zero-order valence-corrected chi connectivity index (χ0v) is 70.4. The quantitative estimate of drug-likeness (QED) is 0.121. The second-order valence-corrected chi connectivity index (χ2v) is 34.9. The van der Waals surface area contributed by atoms with Gasteiger partial charge >= 0.3 is 0 Å². The van der Waals surface area contributed by atoms with Gasteiger partial charge in [-0.2, -0.15) is 0 Å². The molecule has 0 radical (unpaired) electrons. The maximum Gasteiger partial charge on any atom is 0.237 e. The summed E-state index contributed by atoms with van der Waals surface area (Å²) >= 11 is 1.73. The molecule has 0 aliphatic rings. The molecule has 0 spiro atoms. The molecule has 0 N–H and O–H groups in total. The summed E-state index contributed by atoms with van der Waals surface area (Å²) in [7, 11) is 0. The second-order valence-electron chi connectivity index (χ2n) is 33.8. The van der Waals surface area contributed by atoms with E-state index in [1.54, 1.807) is 24.0 Å². The molecule has 28 rings (SSSR count). The lowest BCUT2D eigenvalue weighted by Gasteiger charge is -2.13. The van der Waals surface area contributed by atoms with Crippen LogP contribution in [-0.2, 0) is 0 Å². The van der Waals surface area contributed by atoms with Crippen LogP contribution in [0.1, 0.15) is 0 Å². The van der Waals surface area contributed by atoms with Gasteiger partial charge in [0, 0.05) is 115 Å². The van der Waals surface area contributed by atoms with Crippen LogP contribution < -0.4 is 0 Å². The maximum atomic E-state index is 6.99. The van der Waals surface area contributed by atoms with Gasteiger partial charge in [0.15, 0.2) is 5.13 Å². The summed E-state index contributed by atoms with van der Waals surface area (Å²) < 4.78 is 22.4. The van der Waals surface area contributed by atoms with Gasteiger partial charge in [-0.05, 0) is 209 Å². The minimum absolute atomic E-state index is 0.535. The van der Waals surface area contributed by atoms with Crippen LogP contribution >= 0.6 is 11.3 Å². The zero-order valence-electron chi connectivity index (χ0n) is 69.6. The third-order valence-corrected chi connectivity index (χ3v) is 27.9. The Bertz CT molecular complexity index is 9580. The molecule has 0 bridgehead atoms. The predicted molar refractivity (Wildman–Crippen MR) is 537 cm³/mol. The SMILES string of the molecule is c1ccc(-c2cc(-c3ccc(-n4c5ccccc5c5c6c7ccccc7n(-c7ccccc7)c6ccc54)cc3)cc(-c3cccc(-c4ccc5c6c7c8ccccc8n(-c8ccc(-c9cccc%10c9oc9ccc(-c%11ccc%12c(c%11)c%11c%13c%14ccccc%14n(-c%14nc%15ccccc%15s%14)c%13ccc%11n%12-c%11ccccc%11)cc9%10)cc8)c7ccc6n(-c6ncncn6)c5c4)c3)n2)cc1. The van der Waals surface area contributed by atoms with Crippen molar-refractivity contribution >= 4 is 174 Å². The smallest absolute Gasteiger partial charge is 0.237 e. The van der Waals surface area contributed by atoms with Crippen molar-refractivity contribution in [3.8, 4) is 101 Å². The average molecular weight is 1680 g/mol. The molecular formula is C117H69N11OS. The van der Waals surface area contributed by atoms with Crippen molar-refractivity contribution in [3.63, 3.8) is 0 Å². The van der Waals surface area contributed by atoms with E-state index in [1.807, 2.05) is 0 Å². The van der Waals surface area contributed by atoms with Gasteiger partial charge in [-0.25, -0.2) is 24.9 Å². The van der Waals surface area contributed by atoms with E-state index < -0.39 is 0 Å². The first-order valence-corrected chi connectivity index (χ1v) is 44.7. The molecule has 0 unspecified atom stereocenters. The predicted octanol–water partition coefficient (Wildman–Crippen LogP) is 30.4. The normalized spacial score (nSPS) is 12.2. The Hall–Kier alpha value is -17.4. The molecule has 0 aliphatic carbocycles. The maximum absolute atomic E-state index is 6.99. The van der Waals surface area contributed by atoms with Crippen molar-refractivity contribution in [1.29, 1.82) is 0 Å². The van der Waals surface area contributed by atoms with Gasteiger partial charge in [0.1, 0.15) is 23.8 Å². The molecule has 12 nitrogen and oxygen atoms in total. The van der Waals surface area contributed by atoms with Crippen LogP contribution in [0.15, 0.2) is 424 Å². The number of nitrogens with zero attached hydrogens (tertiary/aromatic N) is 11. The summed E-state index contributed by atoms with van der Waals surface area (Å²) in [6.07, 6.45) is 3.16. The first-order valence-electron chi connectivity index (χ1n) is 43.9. The largest absolute Gasteiger partial charge is 0.455 e. The van der Waals surface area contributed by atoms with Gasteiger partial charge in [0.05, 0.1) is 87.8 Å². The highest BCUT2D eigenvalue weighted by Gasteiger charge is 2.28. The van der Waals surface area contributed by atoms with Crippen LogP contribution in [0.3, 0.4) is 0 Å². The summed E-state index contributed by atoms with van der Waals surface area (Å²) in [5, 5.41) is 17.3. The average Bonchev–Trinajstić information content (AvgIpc) is 1.57. The number of para-hydroxylation sites is 8. The molecule has 130 heavy (non-hydrogen) atoms. The van der Waals surface area contributed by atoms with E-state index in [9.17, 15) is 0 Å². The fraction of sp³-hybridized carbons (Fsp3) is 0. The Morgan fingerprint density at radius 1 is 0.223 bits per heavy atom. The second kappa shape index (κ2) is 28.1. The molecule has 0 atom stereocenters. The lowest BCUT2D eigenvalue weighted by molar-refractivity contribution is 0.670. The highest BCUT2D eigenvalue weighted by molar-refractivity contribution is 7.20. The number of thiazole rings is 1. The van der Waals surface area contributed by atoms with E-state index in [0.29, 0.717) is 5.95 Å². The van der Waals surface area contributed by atoms with E-state index in [1.165, 1.54) is 54.1 Å². The number of furan rings is 1. The third-order valence-electron chi connectivity index (χ3n) is 26.9. The Balaban J connectivity index is 0.522. The van der Waals surface area contributed by atoms with Crippen molar-refractivity contribution in [1.82, 2.24) is 52.3 Å². The molecule has 10 heterocycles. The molecule has 10 aromatic heterocycles. The van der Waals surface area contributed by atoms with Gasteiger partial charge in [-0.15, -0.1) is 0 Å². The monoisotopic (exact) mass is 1680 g/mol. The fourth-order valence-electron chi connectivity index (χ4n) is 21.3. The molecule has 0 saturated heterocycles. The molecule has 13 heteroatoms. The van der Waals surface area contributed by atoms with Crippen LogP contribution in [0.2, 0.25) is 0 Å². The first kappa shape index (κ1) is 72.0. The number of hydrogen-bond acceptors (Lipinski definition) is 7. The summed E-state index contributed by atoms with van der Waals surface area (Å²) in [6.45, 7) is 0. The number of hydrogen-bond donors (Lipinski definition) is 0. The lowest BCUT2D eigenvalue weighted by atomic mass is 9.97. The van der Waals surface area contributed by atoms with E-state index in [2.05, 4.69) is 439 Å². The zero-order chi connectivity index (χ0) is 84.9. The van der Waals surface area contributed by atoms with E-state index in [4.69, 9.17) is 24.4 Å². The molecule has 0 amide bonds. The van der Waals surface area contributed by atoms with Crippen molar-refractivity contribution in [2.45, 2.75) is 0 Å². The molecule has 28 aromatic rings. The first-order chi connectivity index (χ1) is 64.5. The van der Waals surface area contributed by atoms with Crippen LogP contribution in [0.5, 0.6) is 0 Å². The van der Waals surface area contributed by atoms with Gasteiger partial charge in [0.25, 0.3) is 0 Å². The number of aromatic nitrogens is 11. The van der Waals surface area contributed by atoms with E-state index in [0.717, 1.165) is 204 Å². The van der Waals surface area contributed by atoms with E-state index in [-0.39, 0.29) is 0 Å². The standard InChI is InChI=1S/C117H69N11OS/c1-4-22-72(23-5-1)93-65-78(70-42-49-81(50-43-70)125-96-38-16-11-31-86(96)110-101(125)56-55-100-109(110)85-30-10-15-37-95(85)123(100)79-26-6-2-7-27-79)66-94(121-93)77-25-20-24-73(62-77)76-46-53-89-106(67-76)127(116-119-68-118-69-120-116)104-59-57-102-111(113(89)104)87-32-12-17-39-97(87)126(102)82-51-44-71(45-52-82)83-34-21-35-84-90-63-75(48-61-107(90)129-115(83)84)74-47-54-99-91(64-74)114-103(124(99)80-28-8-3-9-29-80)58-60-105-112(114)88-33-13-18-40-98(88)128(105)117-122-92-36-14-19-41-108(92)130-117/h1-69H. The molecule has 0 fully saturated rings. The summed E-state index contributed by atoms with van der Waals surface area (Å²) in [4.78, 5) is 24.7. The van der Waals surface area contributed by atoms with Crippen molar-refractivity contribution in [2.75, 3.05) is 0 Å². The van der Waals surface area contributed by atoms with Gasteiger partial charge in [-0.1, -0.05) is 248 Å². The minimum Gasteiger partial charge on any atom is -0.455 e.